The van der Waals surface area contributed by atoms with E-state index in [2.05, 4.69) is 322 Å². The Labute approximate surface area is 866 Å². The van der Waals surface area contributed by atoms with Crippen LogP contribution in [-0.2, 0) is 25.4 Å². The molecule has 0 amide bonds. The minimum Gasteiger partial charge on any atom is -0.381 e. The Morgan fingerprint density at radius 3 is 0.696 bits per heavy atom. The third kappa shape index (κ3) is 79.8. The van der Waals surface area contributed by atoms with Crippen LogP contribution in [0, 0.1) is 65.1 Å². The number of ether oxygens (including phenoxy) is 1. The molecule has 832 valence electrons. The molecule has 0 spiro atoms. The first kappa shape index (κ1) is 158. The number of sulfone groups is 1. The molecule has 1 aliphatic carbocycles. The molecule has 0 aromatic rings. The third-order valence-electron chi connectivity index (χ3n) is 23.9. The summed E-state index contributed by atoms with van der Waals surface area (Å²) in [6, 6.07) is 11.2. The normalized spacial score (nSPS) is 24.1. The van der Waals surface area contributed by atoms with Crippen molar-refractivity contribution in [2.75, 3.05) is 166 Å². The lowest BCUT2D eigenvalue weighted by Gasteiger charge is -2.44. The maximum Gasteiger partial charge on any atom is 0.152 e. The van der Waals surface area contributed by atoms with Crippen molar-refractivity contribution < 1.29 is 17.4 Å². The molecule has 13 fully saturated rings. The molecule has 12 aliphatic heterocycles. The Morgan fingerprint density at radius 1 is 0.252 bits per heavy atom. The Hall–Kier alpha value is -0.0300. The minimum absolute atomic E-state index is 0.338. The van der Waals surface area contributed by atoms with Crippen molar-refractivity contribution in [3.8, 4) is 0 Å². The monoisotopic (exact) mass is 1990 g/mol. The molecule has 0 N–H and O–H groups in total. The molecule has 12 saturated heterocycles. The quantitative estimate of drug-likeness (QED) is 0.196. The molecular formula is C117H267N11O4S3. The summed E-state index contributed by atoms with van der Waals surface area (Å²) in [5.74, 6) is 15.0. The predicted molar refractivity (Wildman–Crippen MR) is 630 cm³/mol. The van der Waals surface area contributed by atoms with E-state index in [1.807, 2.05) is 152 Å². The Bertz CT molecular complexity index is 2280. The van der Waals surface area contributed by atoms with Gasteiger partial charge in [-0.05, 0) is 238 Å². The first-order valence-corrected chi connectivity index (χ1v) is 62.9. The number of thioether (sulfide) groups is 1. The average molecular weight is 1990 g/mol. The molecule has 15 nitrogen and oxygen atoms in total. The Morgan fingerprint density at radius 2 is 0.474 bits per heavy atom. The van der Waals surface area contributed by atoms with E-state index in [-0.39, 0.29) is 0 Å². The predicted octanol–water partition coefficient (Wildman–Crippen LogP) is 29.9. The molecule has 13 rings (SSSR count). The van der Waals surface area contributed by atoms with Crippen LogP contribution in [0.4, 0.5) is 0 Å². The summed E-state index contributed by atoms with van der Waals surface area (Å²) in [6.07, 6.45) is 8.78. The summed E-state index contributed by atoms with van der Waals surface area (Å²) < 4.78 is 38.3. The SMILES string of the molecule is CC.CC.CC.CC.CC.CC.CC.CC.CC.CC.CC.CC(C)C.CC(C)C.CC(C)C.CC(C)C.CC(C)C.CC(C)N1CC2CCCC2C1.CC(C)N1CC2CN(C(C)C)CC2C1.CC(C)N1CC2COCC2C1.CC(C)N1CCS(=O)(=O)CC1.CC(C)N1CCS(=O)CC1.CC(C)N1CCSCC1.CC(C)N1C[C@H]2CC[C@@H](C1)N2C(C)C.CC(C)N1C[C@H]2C[C@@H]1CN2C(C)C. The summed E-state index contributed by atoms with van der Waals surface area (Å²) >= 11 is 2.07. The van der Waals surface area contributed by atoms with Crippen LogP contribution in [0.1, 0.15) is 447 Å². The molecule has 0 aromatic heterocycles. The smallest absolute Gasteiger partial charge is 0.152 e. The van der Waals surface area contributed by atoms with E-state index in [0.29, 0.717) is 36.7 Å². The summed E-state index contributed by atoms with van der Waals surface area (Å²) in [4.78, 5) is 28.4. The minimum atomic E-state index is -2.69. The standard InChI is InChI=1S/2C12H24N2.C11H22N2.C10H19N.C9H17NO.C7H15NO2S.C7H15NOS.C7H15NS.5C4H10.11C2H6/c1-9(2)13-5-11-7-14(10(3)4)8-12(11)6-13;1-9(2)13-7-11-5-6-12(8-13)14(11)10(3)4;1-8(2)12-6-11-5-10(12)7-13(11)9(3)4;1-8(2)11-6-9-4-3-5-10(9)7-11;1-7(2)10-3-8-5-11-6-9(8)4-10;1-7(2)8-3-5-11(9,10)6-4-8;1-7(2)8-3-5-10(9)6-4-8;1-7(2)8-3-5-9-6-4-8;5*1-4(2)3;11*1-2/h2*9-12H,5-8H2,1-4H3;8-11H,5-7H2,1-4H3;8-10H,3-7H2,1-2H3;7-9H,3-6H2,1-2H3;7H,3-6H2,1-2H3;7H,3-6H2,1-2H3;7H,3-6H2,1-2H3;5*4H,1-3H3;11*1-2H3/t;11-,12+;10-,11-;;;;;;;;;;;;;;;;;;;;;/m..1...................../s1. The molecule has 18 heteroatoms. The number of hydrogen-bond donors (Lipinski definition) is 0. The maximum atomic E-state index is 11.0. The van der Waals surface area contributed by atoms with Gasteiger partial charge in [-0.3, -0.25) is 38.5 Å². The summed E-state index contributed by atoms with van der Waals surface area (Å²) in [5.41, 5.74) is 0. The highest BCUT2D eigenvalue weighted by Crippen LogP contribution is 2.39. The van der Waals surface area contributed by atoms with Gasteiger partial charge in [0, 0.05) is 254 Å². The van der Waals surface area contributed by atoms with Crippen molar-refractivity contribution in [1.29, 1.82) is 0 Å². The molecule has 4 unspecified atom stereocenters. The van der Waals surface area contributed by atoms with E-state index >= 15 is 0 Å². The molecule has 12 heterocycles. The van der Waals surface area contributed by atoms with Crippen LogP contribution >= 0.6 is 11.8 Å². The Balaban J connectivity index is -0.000000137. The van der Waals surface area contributed by atoms with E-state index in [4.69, 9.17) is 4.74 Å². The lowest BCUT2D eigenvalue weighted by atomic mass is 10.0. The summed E-state index contributed by atoms with van der Waals surface area (Å²) in [6.45, 7) is 151. The molecule has 0 aromatic carbocycles. The van der Waals surface area contributed by atoms with Crippen LogP contribution in [0.25, 0.3) is 0 Å². The van der Waals surface area contributed by atoms with Gasteiger partial charge in [-0.1, -0.05) is 263 Å². The number of hydrogen-bond acceptors (Lipinski definition) is 16. The Kier molecular flexibility index (Phi) is 117. The lowest BCUT2D eigenvalue weighted by Crippen LogP contribution is -2.57. The first-order valence-electron chi connectivity index (χ1n) is 58.4. The van der Waals surface area contributed by atoms with Gasteiger partial charge in [0.1, 0.15) is 0 Å². The van der Waals surface area contributed by atoms with Gasteiger partial charge < -0.3 is 24.3 Å². The van der Waals surface area contributed by atoms with E-state index in [1.54, 1.807) is 0 Å². The molecule has 8 atom stereocenters. The van der Waals surface area contributed by atoms with Gasteiger partial charge in [-0.2, -0.15) is 11.8 Å². The van der Waals surface area contributed by atoms with Gasteiger partial charge in [-0.15, -0.1) is 0 Å². The zero-order valence-corrected chi connectivity index (χ0v) is 107. The van der Waals surface area contributed by atoms with Crippen LogP contribution in [-0.4, -0.2) is 323 Å². The summed E-state index contributed by atoms with van der Waals surface area (Å²) in [5, 5.41) is 0. The highest BCUT2D eigenvalue weighted by Gasteiger charge is 2.46. The second-order valence-corrected chi connectivity index (χ2v) is 47.7. The van der Waals surface area contributed by atoms with Crippen molar-refractivity contribution in [3.63, 3.8) is 0 Å². The molecule has 0 radical (unpaired) electrons. The van der Waals surface area contributed by atoms with Gasteiger partial charge in [0.2, 0.25) is 0 Å². The number of nitrogens with zero attached hydrogens (tertiary/aromatic N) is 11. The lowest BCUT2D eigenvalue weighted by molar-refractivity contribution is 0.0292. The van der Waals surface area contributed by atoms with Crippen molar-refractivity contribution in [2.45, 2.75) is 538 Å². The summed E-state index contributed by atoms with van der Waals surface area (Å²) in [7, 11) is -3.21. The largest absolute Gasteiger partial charge is 0.381 e. The number of likely N-dealkylation sites (tertiary alicyclic amines) is 7. The van der Waals surface area contributed by atoms with E-state index < -0.39 is 20.6 Å². The van der Waals surface area contributed by atoms with Crippen LogP contribution in [0.5, 0.6) is 0 Å². The van der Waals surface area contributed by atoms with Crippen molar-refractivity contribution in [1.82, 2.24) is 53.9 Å². The fourth-order valence-corrected chi connectivity index (χ4v) is 20.7. The number of rotatable bonds is 11. The first-order chi connectivity index (χ1) is 63.5. The van der Waals surface area contributed by atoms with Crippen molar-refractivity contribution in [3.05, 3.63) is 0 Å². The van der Waals surface area contributed by atoms with Crippen LogP contribution in [0.15, 0.2) is 0 Å². The molecule has 1 saturated carbocycles. The van der Waals surface area contributed by atoms with Gasteiger partial charge in [-0.25, -0.2) is 8.42 Å². The van der Waals surface area contributed by atoms with E-state index in [1.165, 1.54) is 142 Å². The molecule has 4 bridgehead atoms. The molecular weight excluding hydrogens is 1720 g/mol. The zero-order valence-electron chi connectivity index (χ0n) is 104. The fourth-order valence-electron chi connectivity index (χ4n) is 17.5. The molecule has 13 aliphatic rings. The third-order valence-corrected chi connectivity index (χ3v) is 27.7. The van der Waals surface area contributed by atoms with Gasteiger partial charge in [0.15, 0.2) is 9.84 Å². The number of fused-ring (bicyclic) bond motifs is 7. The van der Waals surface area contributed by atoms with Crippen LogP contribution in [0.3, 0.4) is 0 Å². The zero-order chi connectivity index (χ0) is 108. The van der Waals surface area contributed by atoms with Gasteiger partial charge in [0.05, 0.1) is 24.7 Å². The maximum absolute atomic E-state index is 11.0. The van der Waals surface area contributed by atoms with Crippen molar-refractivity contribution >= 4 is 32.4 Å². The topological polar surface area (TPSA) is 96.1 Å². The second kappa shape index (κ2) is 99.9. The van der Waals surface area contributed by atoms with Crippen LogP contribution in [0.2, 0.25) is 0 Å². The van der Waals surface area contributed by atoms with E-state index in [0.717, 1.165) is 181 Å². The van der Waals surface area contributed by atoms with Crippen LogP contribution < -0.4 is 0 Å². The number of piperazine rings is 2. The van der Waals surface area contributed by atoms with Gasteiger partial charge in [0.25, 0.3) is 0 Å². The second-order valence-electron chi connectivity index (χ2n) is 42.5. The molecule has 135 heavy (non-hydrogen) atoms. The fraction of sp³-hybridized carbons (Fsp3) is 1.00. The van der Waals surface area contributed by atoms with Crippen molar-refractivity contribution in [2.24, 2.45) is 65.1 Å². The highest BCUT2D eigenvalue weighted by atomic mass is 32.2. The average Bonchev–Trinajstić information content (AvgIpc) is 1.62. The van der Waals surface area contributed by atoms with Gasteiger partial charge >= 0.3 is 0 Å². The van der Waals surface area contributed by atoms with E-state index in [9.17, 15) is 12.6 Å². The highest BCUT2D eigenvalue weighted by molar-refractivity contribution is 7.99.